The number of hydrogen-bond donors (Lipinski definition) is 2. The first-order valence-electron chi connectivity index (χ1n) is 16.1. The van der Waals surface area contributed by atoms with Crippen LogP contribution in [0.3, 0.4) is 0 Å². The van der Waals surface area contributed by atoms with Crippen LogP contribution in [0.15, 0.2) is 0 Å². The van der Waals surface area contributed by atoms with Gasteiger partial charge < -0.3 is 10.2 Å². The van der Waals surface area contributed by atoms with Gasteiger partial charge in [-0.15, -0.1) is 0 Å². The minimum absolute atomic E-state index is 0.199. The summed E-state index contributed by atoms with van der Waals surface area (Å²) in [6.45, 7) is 4.52. The predicted octanol–water partition coefficient (Wildman–Crippen LogP) is 10.4. The highest BCUT2D eigenvalue weighted by molar-refractivity contribution is 8.33. The van der Waals surface area contributed by atoms with Gasteiger partial charge in [0.05, 0.1) is 12.8 Å². The van der Waals surface area contributed by atoms with E-state index in [0.717, 1.165) is 24.3 Å². The van der Waals surface area contributed by atoms with Gasteiger partial charge in [-0.1, -0.05) is 142 Å². The molecule has 37 heavy (non-hydrogen) atoms. The average Bonchev–Trinajstić information content (AvgIpc) is 2.87. The molecule has 0 aromatic heterocycles. The van der Waals surface area contributed by atoms with Crippen LogP contribution in [-0.4, -0.2) is 45.2 Å². The quantitative estimate of drug-likeness (QED) is 0.0882. The number of carboxylic acid groups (broad SMARTS) is 2. The third-order valence-corrected chi connectivity index (χ3v) is 12.3. The van der Waals surface area contributed by atoms with E-state index in [1.165, 1.54) is 128 Å². The second kappa shape index (κ2) is 26.9. The van der Waals surface area contributed by atoms with E-state index in [0.29, 0.717) is 11.5 Å². The smallest absolute Gasteiger partial charge is 0.304 e. The van der Waals surface area contributed by atoms with Crippen LogP contribution in [0.4, 0.5) is 0 Å². The molecule has 0 aliphatic heterocycles. The highest BCUT2D eigenvalue weighted by Crippen LogP contribution is 2.51. The molecule has 0 saturated carbocycles. The molecule has 0 amide bonds. The van der Waals surface area contributed by atoms with Crippen LogP contribution in [0.25, 0.3) is 0 Å². The molecule has 0 aliphatic carbocycles. The number of rotatable bonds is 30. The van der Waals surface area contributed by atoms with Crippen LogP contribution >= 0.6 is 10.0 Å². The van der Waals surface area contributed by atoms with Crippen molar-refractivity contribution in [3.63, 3.8) is 0 Å². The maximum atomic E-state index is 11.4. The zero-order valence-electron chi connectivity index (χ0n) is 24.9. The van der Waals surface area contributed by atoms with Crippen molar-refractivity contribution in [2.24, 2.45) is 0 Å². The molecule has 0 unspecified atom stereocenters. The van der Waals surface area contributed by atoms with E-state index in [-0.39, 0.29) is 12.8 Å². The van der Waals surface area contributed by atoms with Gasteiger partial charge in [0.15, 0.2) is 0 Å². The minimum Gasteiger partial charge on any atom is -0.481 e. The fourth-order valence-electron chi connectivity index (χ4n) is 5.36. The van der Waals surface area contributed by atoms with Gasteiger partial charge in [-0.25, -0.2) is 10.0 Å². The second-order valence-corrected chi connectivity index (χ2v) is 15.5. The van der Waals surface area contributed by atoms with Crippen molar-refractivity contribution in [3.05, 3.63) is 0 Å². The van der Waals surface area contributed by atoms with Crippen LogP contribution in [0.1, 0.15) is 168 Å². The van der Waals surface area contributed by atoms with E-state index < -0.39 is 22.0 Å². The normalized spacial score (nSPS) is 12.2. The molecule has 222 valence electrons. The Balaban J connectivity index is 4.37. The van der Waals surface area contributed by atoms with Gasteiger partial charge in [0.1, 0.15) is 0 Å². The van der Waals surface area contributed by atoms with E-state index in [2.05, 4.69) is 13.8 Å². The number of carboxylic acids is 2. The van der Waals surface area contributed by atoms with Crippen molar-refractivity contribution in [1.82, 2.24) is 0 Å². The lowest BCUT2D eigenvalue weighted by molar-refractivity contribution is -0.137. The number of hydrogen-bond acceptors (Lipinski definition) is 2. The molecule has 0 bridgehead atoms. The maximum absolute atomic E-state index is 11.4. The van der Waals surface area contributed by atoms with E-state index in [1.807, 2.05) is 0 Å². The molecule has 5 heteroatoms. The standard InChI is InChI=1S/C32H64O4S/c1-3-5-7-9-11-13-15-17-19-21-23-27-37(29-25-31(33)34,30-26-32(35)36)28-24-22-20-18-16-14-12-10-8-6-4-2/h3-30H2,1-2H3,(H,33,34)(H,35,36). The van der Waals surface area contributed by atoms with Gasteiger partial charge in [0, 0.05) is 0 Å². The Hall–Kier alpha value is -0.710. The van der Waals surface area contributed by atoms with Crippen molar-refractivity contribution in [1.29, 1.82) is 0 Å². The summed E-state index contributed by atoms with van der Waals surface area (Å²) < 4.78 is 0. The summed E-state index contributed by atoms with van der Waals surface area (Å²) in [5, 5.41) is 18.7. The van der Waals surface area contributed by atoms with Crippen molar-refractivity contribution in [2.45, 2.75) is 168 Å². The Labute approximate surface area is 232 Å². The predicted molar refractivity (Wildman–Crippen MR) is 164 cm³/mol. The Bertz CT molecular complexity index is 477. The van der Waals surface area contributed by atoms with E-state index in [4.69, 9.17) is 0 Å². The second-order valence-electron chi connectivity index (χ2n) is 11.4. The zero-order chi connectivity index (χ0) is 27.5. The summed E-state index contributed by atoms with van der Waals surface area (Å²) in [4.78, 5) is 22.8. The van der Waals surface area contributed by atoms with Crippen LogP contribution in [0.5, 0.6) is 0 Å². The highest BCUT2D eigenvalue weighted by atomic mass is 32.3. The molecular weight excluding hydrogens is 480 g/mol. The molecule has 0 atom stereocenters. The van der Waals surface area contributed by atoms with Gasteiger partial charge >= 0.3 is 11.9 Å². The van der Waals surface area contributed by atoms with Crippen LogP contribution in [-0.2, 0) is 9.59 Å². The van der Waals surface area contributed by atoms with Crippen LogP contribution < -0.4 is 0 Å². The molecule has 0 saturated heterocycles. The summed E-state index contributed by atoms with van der Waals surface area (Å²) in [5.41, 5.74) is 0. The lowest BCUT2D eigenvalue weighted by atomic mass is 10.1. The number of unbranched alkanes of at least 4 members (excludes halogenated alkanes) is 20. The topological polar surface area (TPSA) is 74.6 Å². The molecule has 2 N–H and O–H groups in total. The van der Waals surface area contributed by atoms with Crippen LogP contribution in [0, 0.1) is 0 Å². The molecular formula is C32H64O4S. The zero-order valence-corrected chi connectivity index (χ0v) is 25.7. The molecule has 0 heterocycles. The Morgan fingerprint density at radius 1 is 0.405 bits per heavy atom. The van der Waals surface area contributed by atoms with Gasteiger partial charge in [0.25, 0.3) is 0 Å². The largest absolute Gasteiger partial charge is 0.481 e. The van der Waals surface area contributed by atoms with E-state index in [9.17, 15) is 19.8 Å². The van der Waals surface area contributed by atoms with Crippen molar-refractivity contribution in [3.8, 4) is 0 Å². The molecule has 0 radical (unpaired) electrons. The molecule has 0 aliphatic rings. The lowest BCUT2D eigenvalue weighted by Crippen LogP contribution is -2.21. The minimum atomic E-state index is -1.17. The Morgan fingerprint density at radius 2 is 0.649 bits per heavy atom. The first-order chi connectivity index (χ1) is 18.0. The fraction of sp³-hybridized carbons (Fsp3) is 0.938. The van der Waals surface area contributed by atoms with E-state index >= 15 is 0 Å². The summed E-state index contributed by atoms with van der Waals surface area (Å²) in [7, 11) is -1.17. The van der Waals surface area contributed by atoms with Crippen LogP contribution in [0.2, 0.25) is 0 Å². The SMILES string of the molecule is CCCCCCCCCCCCCS(CCCCCCCCCCCCC)(CCC(=O)O)CCC(=O)O. The highest BCUT2D eigenvalue weighted by Gasteiger charge is 2.25. The summed E-state index contributed by atoms with van der Waals surface area (Å²) in [5.74, 6) is 2.11. The van der Waals surface area contributed by atoms with Gasteiger partial charge in [0.2, 0.25) is 0 Å². The molecule has 0 fully saturated rings. The number of carbonyl (C=O) groups is 2. The van der Waals surface area contributed by atoms with Gasteiger partial charge in [-0.2, -0.15) is 0 Å². The molecule has 0 aromatic carbocycles. The number of aliphatic carboxylic acids is 2. The summed E-state index contributed by atoms with van der Waals surface area (Å²) in [6, 6.07) is 0. The molecule has 0 spiro atoms. The third-order valence-electron chi connectivity index (χ3n) is 7.86. The van der Waals surface area contributed by atoms with Gasteiger partial charge in [-0.3, -0.25) is 9.59 Å². The van der Waals surface area contributed by atoms with E-state index in [1.54, 1.807) is 0 Å². The first-order valence-corrected chi connectivity index (χ1v) is 18.4. The van der Waals surface area contributed by atoms with Crippen molar-refractivity contribution < 1.29 is 19.8 Å². The molecule has 0 rings (SSSR count). The molecule has 4 nitrogen and oxygen atoms in total. The summed E-state index contributed by atoms with van der Waals surface area (Å²) >= 11 is 0. The van der Waals surface area contributed by atoms with Crippen molar-refractivity contribution in [2.75, 3.05) is 23.0 Å². The van der Waals surface area contributed by atoms with Crippen molar-refractivity contribution >= 4 is 22.0 Å². The monoisotopic (exact) mass is 544 g/mol. The fourth-order valence-corrected chi connectivity index (χ4v) is 9.44. The average molecular weight is 545 g/mol. The Morgan fingerprint density at radius 3 is 0.892 bits per heavy atom. The molecule has 0 aromatic rings. The first kappa shape index (κ1) is 36.3. The maximum Gasteiger partial charge on any atom is 0.304 e. The lowest BCUT2D eigenvalue weighted by Gasteiger charge is -2.40. The summed E-state index contributed by atoms with van der Waals surface area (Å²) in [6.07, 6.45) is 29.2. The van der Waals surface area contributed by atoms with Gasteiger partial charge in [-0.05, 0) is 35.9 Å². The Kier molecular flexibility index (Phi) is 26.4. The third kappa shape index (κ3) is 25.3.